The molecule has 4 aromatic rings. The fourth-order valence-electron chi connectivity index (χ4n) is 2.95. The van der Waals surface area contributed by atoms with E-state index in [4.69, 9.17) is 4.98 Å². The summed E-state index contributed by atoms with van der Waals surface area (Å²) >= 11 is 0. The van der Waals surface area contributed by atoms with Gasteiger partial charge in [-0.2, -0.15) is 13.2 Å². The number of alkyl halides is 3. The van der Waals surface area contributed by atoms with Crippen molar-refractivity contribution in [1.82, 2.24) is 9.97 Å². The van der Waals surface area contributed by atoms with Crippen LogP contribution in [0.3, 0.4) is 0 Å². The highest BCUT2D eigenvalue weighted by atomic mass is 19.4. The lowest BCUT2D eigenvalue weighted by Crippen LogP contribution is -2.04. The number of halogens is 3. The van der Waals surface area contributed by atoms with Crippen LogP contribution in [-0.4, -0.2) is 9.97 Å². The van der Waals surface area contributed by atoms with Crippen LogP contribution in [0.2, 0.25) is 0 Å². The van der Waals surface area contributed by atoms with E-state index in [2.05, 4.69) is 4.98 Å². The Bertz CT molecular complexity index is 1020. The number of pyridine rings is 2. The van der Waals surface area contributed by atoms with Gasteiger partial charge in [0.2, 0.25) is 0 Å². The predicted molar refractivity (Wildman–Crippen MR) is 103 cm³/mol. The first-order chi connectivity index (χ1) is 13.5. The van der Waals surface area contributed by atoms with E-state index in [0.29, 0.717) is 17.0 Å². The molecule has 2 heterocycles. The van der Waals surface area contributed by atoms with Crippen LogP contribution in [0.15, 0.2) is 91.1 Å². The average Bonchev–Trinajstić information content (AvgIpc) is 2.74. The van der Waals surface area contributed by atoms with Gasteiger partial charge in [0.25, 0.3) is 0 Å². The summed E-state index contributed by atoms with van der Waals surface area (Å²) in [5.74, 6) is 0. The number of nitrogens with zero attached hydrogens (tertiary/aromatic N) is 2. The topological polar surface area (TPSA) is 25.8 Å². The molecule has 2 aromatic heterocycles. The molecular formula is C23H15F3N2. The van der Waals surface area contributed by atoms with Gasteiger partial charge in [0.15, 0.2) is 0 Å². The van der Waals surface area contributed by atoms with Crippen LogP contribution in [0.5, 0.6) is 0 Å². The first kappa shape index (κ1) is 17.9. The van der Waals surface area contributed by atoms with Crippen LogP contribution in [0.25, 0.3) is 33.8 Å². The third-order valence-electron chi connectivity index (χ3n) is 4.37. The zero-order valence-electron chi connectivity index (χ0n) is 14.7. The van der Waals surface area contributed by atoms with E-state index < -0.39 is 11.7 Å². The predicted octanol–water partition coefficient (Wildman–Crippen LogP) is 6.50. The Kier molecular flexibility index (Phi) is 4.65. The van der Waals surface area contributed by atoms with E-state index in [1.807, 2.05) is 60.7 Å². The van der Waals surface area contributed by atoms with Gasteiger partial charge in [-0.3, -0.25) is 4.98 Å². The van der Waals surface area contributed by atoms with Gasteiger partial charge in [-0.05, 0) is 47.5 Å². The van der Waals surface area contributed by atoms with Crippen LogP contribution in [0.1, 0.15) is 5.56 Å². The van der Waals surface area contributed by atoms with Gasteiger partial charge in [-0.25, -0.2) is 4.98 Å². The highest BCUT2D eigenvalue weighted by molar-refractivity contribution is 5.75. The maximum atomic E-state index is 12.9. The molecule has 0 saturated heterocycles. The first-order valence-electron chi connectivity index (χ1n) is 8.67. The second-order valence-electron chi connectivity index (χ2n) is 6.28. The van der Waals surface area contributed by atoms with Crippen molar-refractivity contribution in [3.63, 3.8) is 0 Å². The van der Waals surface area contributed by atoms with Crippen molar-refractivity contribution < 1.29 is 13.2 Å². The SMILES string of the molecule is FC(F)(F)c1ccc(-c2cc(-c3ccccc3)nc(-c3ccccn3)c2)cc1. The molecule has 0 N–H and O–H groups in total. The van der Waals surface area contributed by atoms with Gasteiger partial charge in [0.1, 0.15) is 0 Å². The van der Waals surface area contributed by atoms with Crippen molar-refractivity contribution in [1.29, 1.82) is 0 Å². The third kappa shape index (κ3) is 3.78. The molecule has 0 radical (unpaired) electrons. The first-order valence-corrected chi connectivity index (χ1v) is 8.67. The van der Waals surface area contributed by atoms with Gasteiger partial charge in [0.05, 0.1) is 22.6 Å². The standard InChI is InChI=1S/C23H15F3N2/c24-23(25,26)19-11-9-16(10-12-19)18-14-21(17-6-2-1-3-7-17)28-22(15-18)20-8-4-5-13-27-20/h1-15H. The molecule has 0 unspecified atom stereocenters. The minimum absolute atomic E-state index is 0.664. The average molecular weight is 376 g/mol. The molecule has 0 spiro atoms. The maximum absolute atomic E-state index is 12.9. The second-order valence-corrected chi connectivity index (χ2v) is 6.28. The Hall–Kier alpha value is -3.47. The van der Waals surface area contributed by atoms with Crippen molar-refractivity contribution in [2.75, 3.05) is 0 Å². The molecule has 0 fully saturated rings. The fourth-order valence-corrected chi connectivity index (χ4v) is 2.95. The summed E-state index contributed by atoms with van der Waals surface area (Å²) in [6, 6.07) is 24.1. The van der Waals surface area contributed by atoms with Gasteiger partial charge in [-0.15, -0.1) is 0 Å². The summed E-state index contributed by atoms with van der Waals surface area (Å²) in [5.41, 5.74) is 3.82. The molecule has 28 heavy (non-hydrogen) atoms. The Morgan fingerprint density at radius 2 is 1.25 bits per heavy atom. The molecule has 138 valence electrons. The molecule has 0 amide bonds. The highest BCUT2D eigenvalue weighted by Gasteiger charge is 2.30. The number of hydrogen-bond donors (Lipinski definition) is 0. The number of hydrogen-bond acceptors (Lipinski definition) is 2. The Morgan fingerprint density at radius 1 is 0.571 bits per heavy atom. The lowest BCUT2D eigenvalue weighted by atomic mass is 10.00. The molecule has 0 bridgehead atoms. The summed E-state index contributed by atoms with van der Waals surface area (Å²) < 4.78 is 38.6. The summed E-state index contributed by atoms with van der Waals surface area (Å²) in [6.45, 7) is 0. The molecular weight excluding hydrogens is 361 g/mol. The lowest BCUT2D eigenvalue weighted by Gasteiger charge is -2.11. The normalized spacial score (nSPS) is 11.4. The van der Waals surface area contributed by atoms with E-state index in [1.165, 1.54) is 12.1 Å². The largest absolute Gasteiger partial charge is 0.416 e. The summed E-state index contributed by atoms with van der Waals surface area (Å²) in [6.07, 6.45) is -2.67. The van der Waals surface area contributed by atoms with Crippen molar-refractivity contribution in [2.45, 2.75) is 6.18 Å². The van der Waals surface area contributed by atoms with Crippen LogP contribution in [0.4, 0.5) is 13.2 Å². The zero-order valence-corrected chi connectivity index (χ0v) is 14.7. The minimum atomic E-state index is -4.36. The Labute approximate surface area is 160 Å². The molecule has 0 saturated carbocycles. The molecule has 4 rings (SSSR count). The monoisotopic (exact) mass is 376 g/mol. The smallest absolute Gasteiger partial charge is 0.255 e. The maximum Gasteiger partial charge on any atom is 0.416 e. The van der Waals surface area contributed by atoms with Gasteiger partial charge >= 0.3 is 6.18 Å². The fraction of sp³-hybridized carbons (Fsp3) is 0.0435. The number of aromatic nitrogens is 2. The van der Waals surface area contributed by atoms with E-state index in [1.54, 1.807) is 6.20 Å². The van der Waals surface area contributed by atoms with E-state index >= 15 is 0 Å². The number of benzene rings is 2. The van der Waals surface area contributed by atoms with E-state index in [9.17, 15) is 13.2 Å². The van der Waals surface area contributed by atoms with Crippen molar-refractivity contribution in [3.8, 4) is 33.8 Å². The quantitative estimate of drug-likeness (QED) is 0.408. The molecule has 5 heteroatoms. The molecule has 0 atom stereocenters. The Balaban J connectivity index is 1.85. The summed E-state index contributed by atoms with van der Waals surface area (Å²) in [7, 11) is 0. The molecule has 0 aliphatic heterocycles. The number of rotatable bonds is 3. The van der Waals surface area contributed by atoms with Gasteiger partial charge < -0.3 is 0 Å². The van der Waals surface area contributed by atoms with Crippen LogP contribution >= 0.6 is 0 Å². The van der Waals surface area contributed by atoms with Gasteiger partial charge in [0, 0.05) is 11.8 Å². The third-order valence-corrected chi connectivity index (χ3v) is 4.37. The Morgan fingerprint density at radius 3 is 1.89 bits per heavy atom. The molecule has 0 aliphatic rings. The summed E-state index contributed by atoms with van der Waals surface area (Å²) in [5, 5.41) is 0. The molecule has 0 aliphatic carbocycles. The van der Waals surface area contributed by atoms with E-state index in [0.717, 1.165) is 29.0 Å². The molecule has 2 aromatic carbocycles. The van der Waals surface area contributed by atoms with E-state index in [-0.39, 0.29) is 0 Å². The summed E-state index contributed by atoms with van der Waals surface area (Å²) in [4.78, 5) is 9.07. The van der Waals surface area contributed by atoms with Crippen molar-refractivity contribution in [2.24, 2.45) is 0 Å². The van der Waals surface area contributed by atoms with Crippen molar-refractivity contribution in [3.05, 3.63) is 96.7 Å². The second kappa shape index (κ2) is 7.27. The molecule has 2 nitrogen and oxygen atoms in total. The minimum Gasteiger partial charge on any atom is -0.255 e. The van der Waals surface area contributed by atoms with Crippen LogP contribution in [-0.2, 0) is 6.18 Å². The van der Waals surface area contributed by atoms with Crippen LogP contribution in [0, 0.1) is 0 Å². The lowest BCUT2D eigenvalue weighted by molar-refractivity contribution is -0.137. The highest BCUT2D eigenvalue weighted by Crippen LogP contribution is 2.33. The van der Waals surface area contributed by atoms with Crippen LogP contribution < -0.4 is 0 Å². The zero-order chi connectivity index (χ0) is 19.6. The van der Waals surface area contributed by atoms with Crippen molar-refractivity contribution >= 4 is 0 Å². The van der Waals surface area contributed by atoms with Gasteiger partial charge in [-0.1, -0.05) is 48.5 Å².